The number of fused-ring (bicyclic) bond motifs is 1. The van der Waals surface area contributed by atoms with Crippen LogP contribution in [0.1, 0.15) is 35.6 Å². The molecule has 0 aromatic heterocycles. The van der Waals surface area contributed by atoms with Gasteiger partial charge in [0.2, 0.25) is 0 Å². The molecule has 1 aliphatic rings. The van der Waals surface area contributed by atoms with Crippen molar-refractivity contribution in [3.05, 3.63) is 65.0 Å². The lowest BCUT2D eigenvalue weighted by molar-refractivity contribution is 0.304. The second-order valence-electron chi connectivity index (χ2n) is 5.51. The van der Waals surface area contributed by atoms with Crippen LogP contribution in [0.3, 0.4) is 0 Å². The summed E-state index contributed by atoms with van der Waals surface area (Å²) in [7, 11) is 2.01. The molecule has 0 heterocycles. The standard InChI is InChI=1S/C18H20FNO/c1-20-18-7-3-5-14-11-16(8-9-17(14)18)21-12-13-4-2-6-15(19)10-13/h2,4,6,8-11,18,20H,3,5,7,12H2,1H3. The van der Waals surface area contributed by atoms with Crippen molar-refractivity contribution in [2.45, 2.75) is 31.9 Å². The van der Waals surface area contributed by atoms with Gasteiger partial charge in [-0.3, -0.25) is 0 Å². The molecule has 3 heteroatoms. The largest absolute Gasteiger partial charge is 0.489 e. The second kappa shape index (κ2) is 6.27. The van der Waals surface area contributed by atoms with E-state index in [9.17, 15) is 4.39 Å². The molecule has 21 heavy (non-hydrogen) atoms. The molecule has 0 aliphatic heterocycles. The van der Waals surface area contributed by atoms with Crippen molar-refractivity contribution >= 4 is 0 Å². The Morgan fingerprint density at radius 1 is 1.24 bits per heavy atom. The zero-order chi connectivity index (χ0) is 14.7. The van der Waals surface area contributed by atoms with Gasteiger partial charge in [0.05, 0.1) is 0 Å². The third kappa shape index (κ3) is 3.24. The van der Waals surface area contributed by atoms with Gasteiger partial charge in [0, 0.05) is 6.04 Å². The minimum atomic E-state index is -0.224. The fourth-order valence-corrected chi connectivity index (χ4v) is 2.97. The summed E-state index contributed by atoms with van der Waals surface area (Å²) in [5.41, 5.74) is 3.58. The van der Waals surface area contributed by atoms with Crippen molar-refractivity contribution < 1.29 is 9.13 Å². The number of benzene rings is 2. The maximum absolute atomic E-state index is 13.1. The smallest absolute Gasteiger partial charge is 0.123 e. The molecule has 2 aromatic carbocycles. The van der Waals surface area contributed by atoms with Gasteiger partial charge >= 0.3 is 0 Å². The number of nitrogens with one attached hydrogen (secondary N) is 1. The molecule has 0 amide bonds. The molecule has 2 nitrogen and oxygen atoms in total. The van der Waals surface area contributed by atoms with E-state index in [2.05, 4.69) is 17.4 Å². The van der Waals surface area contributed by atoms with Crippen LogP contribution >= 0.6 is 0 Å². The predicted octanol–water partition coefficient (Wildman–Crippen LogP) is 4.00. The molecule has 1 atom stereocenters. The second-order valence-corrected chi connectivity index (χ2v) is 5.51. The van der Waals surface area contributed by atoms with Crippen LogP contribution in [-0.4, -0.2) is 7.05 Å². The lowest BCUT2D eigenvalue weighted by atomic mass is 9.87. The number of halogens is 1. The van der Waals surface area contributed by atoms with Crippen LogP contribution in [0.15, 0.2) is 42.5 Å². The van der Waals surface area contributed by atoms with E-state index in [0.29, 0.717) is 12.6 Å². The van der Waals surface area contributed by atoms with Crippen molar-refractivity contribution in [3.8, 4) is 5.75 Å². The lowest BCUT2D eigenvalue weighted by Gasteiger charge is -2.25. The van der Waals surface area contributed by atoms with Crippen molar-refractivity contribution in [1.29, 1.82) is 0 Å². The van der Waals surface area contributed by atoms with Gasteiger partial charge in [-0.1, -0.05) is 18.2 Å². The quantitative estimate of drug-likeness (QED) is 0.916. The summed E-state index contributed by atoms with van der Waals surface area (Å²) >= 11 is 0. The van der Waals surface area contributed by atoms with Gasteiger partial charge in [0.25, 0.3) is 0 Å². The Hall–Kier alpha value is -1.87. The van der Waals surface area contributed by atoms with E-state index in [-0.39, 0.29) is 5.82 Å². The molecule has 110 valence electrons. The molecule has 0 saturated heterocycles. The maximum Gasteiger partial charge on any atom is 0.123 e. The van der Waals surface area contributed by atoms with Gasteiger partial charge in [0.15, 0.2) is 0 Å². The van der Waals surface area contributed by atoms with E-state index in [1.807, 2.05) is 19.2 Å². The minimum absolute atomic E-state index is 0.224. The first-order valence-electron chi connectivity index (χ1n) is 7.43. The molecule has 1 aliphatic carbocycles. The molecule has 2 aromatic rings. The Morgan fingerprint density at radius 3 is 2.95 bits per heavy atom. The number of hydrogen-bond donors (Lipinski definition) is 1. The SMILES string of the molecule is CNC1CCCc2cc(OCc3cccc(F)c3)ccc21. The van der Waals surface area contributed by atoms with Crippen molar-refractivity contribution in [3.63, 3.8) is 0 Å². The first-order chi connectivity index (χ1) is 10.3. The molecule has 0 fully saturated rings. The van der Waals surface area contributed by atoms with E-state index < -0.39 is 0 Å². The van der Waals surface area contributed by atoms with E-state index in [4.69, 9.17) is 4.74 Å². The molecule has 0 spiro atoms. The first kappa shape index (κ1) is 14.1. The first-order valence-corrected chi connectivity index (χ1v) is 7.43. The Balaban J connectivity index is 1.72. The lowest BCUT2D eigenvalue weighted by Crippen LogP contribution is -2.21. The van der Waals surface area contributed by atoms with Crippen LogP contribution in [0.4, 0.5) is 4.39 Å². The van der Waals surface area contributed by atoms with E-state index in [1.54, 1.807) is 6.07 Å². The third-order valence-corrected chi connectivity index (χ3v) is 4.07. The summed E-state index contributed by atoms with van der Waals surface area (Å²) in [5, 5.41) is 3.36. The molecule has 3 rings (SSSR count). The number of rotatable bonds is 4. The summed E-state index contributed by atoms with van der Waals surface area (Å²) in [5.74, 6) is 0.633. The summed E-state index contributed by atoms with van der Waals surface area (Å²) in [6.07, 6.45) is 3.49. The zero-order valence-electron chi connectivity index (χ0n) is 12.2. The van der Waals surface area contributed by atoms with Crippen LogP contribution in [-0.2, 0) is 13.0 Å². The Kier molecular flexibility index (Phi) is 4.20. The van der Waals surface area contributed by atoms with Crippen LogP contribution < -0.4 is 10.1 Å². The van der Waals surface area contributed by atoms with Crippen LogP contribution in [0, 0.1) is 5.82 Å². The van der Waals surface area contributed by atoms with Gasteiger partial charge in [-0.2, -0.15) is 0 Å². The topological polar surface area (TPSA) is 21.3 Å². The molecule has 0 saturated carbocycles. The number of hydrogen-bond acceptors (Lipinski definition) is 2. The molecular formula is C18H20FNO. The van der Waals surface area contributed by atoms with Gasteiger partial charge in [-0.15, -0.1) is 0 Å². The average molecular weight is 285 g/mol. The Morgan fingerprint density at radius 2 is 2.14 bits per heavy atom. The molecule has 0 bridgehead atoms. The van der Waals surface area contributed by atoms with E-state index in [0.717, 1.165) is 17.7 Å². The van der Waals surface area contributed by atoms with E-state index in [1.165, 1.54) is 36.1 Å². The molecular weight excluding hydrogens is 265 g/mol. The van der Waals surface area contributed by atoms with Gasteiger partial charge in [0.1, 0.15) is 18.2 Å². The summed E-state index contributed by atoms with van der Waals surface area (Å²) in [4.78, 5) is 0. The number of ether oxygens (including phenoxy) is 1. The van der Waals surface area contributed by atoms with Gasteiger partial charge in [-0.25, -0.2) is 4.39 Å². The van der Waals surface area contributed by atoms with Gasteiger partial charge < -0.3 is 10.1 Å². The minimum Gasteiger partial charge on any atom is -0.489 e. The Labute approximate surface area is 125 Å². The highest BCUT2D eigenvalue weighted by Crippen LogP contribution is 2.32. The zero-order valence-corrected chi connectivity index (χ0v) is 12.2. The molecule has 0 radical (unpaired) electrons. The van der Waals surface area contributed by atoms with Crippen molar-refractivity contribution in [1.82, 2.24) is 5.32 Å². The number of aryl methyl sites for hydroxylation is 1. The fourth-order valence-electron chi connectivity index (χ4n) is 2.97. The van der Waals surface area contributed by atoms with Crippen LogP contribution in [0.25, 0.3) is 0 Å². The highest BCUT2D eigenvalue weighted by molar-refractivity contribution is 5.39. The van der Waals surface area contributed by atoms with Crippen molar-refractivity contribution in [2.24, 2.45) is 0 Å². The average Bonchev–Trinajstić information content (AvgIpc) is 2.52. The Bertz CT molecular complexity index is 626. The predicted molar refractivity (Wildman–Crippen MR) is 81.9 cm³/mol. The van der Waals surface area contributed by atoms with Crippen LogP contribution in [0.2, 0.25) is 0 Å². The molecule has 1 unspecified atom stereocenters. The highest BCUT2D eigenvalue weighted by atomic mass is 19.1. The highest BCUT2D eigenvalue weighted by Gasteiger charge is 2.18. The summed E-state index contributed by atoms with van der Waals surface area (Å²) < 4.78 is 18.9. The van der Waals surface area contributed by atoms with Crippen molar-refractivity contribution in [2.75, 3.05) is 7.05 Å². The molecule has 1 N–H and O–H groups in total. The normalized spacial score (nSPS) is 17.3. The fraction of sp³-hybridized carbons (Fsp3) is 0.333. The van der Waals surface area contributed by atoms with Crippen LogP contribution in [0.5, 0.6) is 5.75 Å². The third-order valence-electron chi connectivity index (χ3n) is 4.07. The van der Waals surface area contributed by atoms with Gasteiger partial charge in [-0.05, 0) is 67.3 Å². The maximum atomic E-state index is 13.1. The van der Waals surface area contributed by atoms with E-state index >= 15 is 0 Å². The summed E-state index contributed by atoms with van der Waals surface area (Å²) in [6.45, 7) is 0.395. The monoisotopic (exact) mass is 285 g/mol. The summed E-state index contributed by atoms with van der Waals surface area (Å²) in [6, 6.07) is 13.3.